The third kappa shape index (κ3) is 8.58. The molecule has 1 saturated heterocycles. The van der Waals surface area contributed by atoms with Crippen molar-refractivity contribution in [2.24, 2.45) is 10.9 Å². The van der Waals surface area contributed by atoms with Crippen molar-refractivity contribution in [2.45, 2.75) is 39.7 Å². The Morgan fingerprint density at radius 1 is 1.31 bits per heavy atom. The van der Waals surface area contributed by atoms with Crippen LogP contribution in [0.1, 0.15) is 32.3 Å². The molecule has 0 radical (unpaired) electrons. The van der Waals surface area contributed by atoms with Gasteiger partial charge in [0.25, 0.3) is 0 Å². The van der Waals surface area contributed by atoms with Gasteiger partial charge in [0, 0.05) is 13.1 Å². The summed E-state index contributed by atoms with van der Waals surface area (Å²) in [5.74, 6) is 2.54. The van der Waals surface area contributed by atoms with Crippen LogP contribution in [0.15, 0.2) is 29.3 Å². The molecule has 0 aliphatic carbocycles. The maximum absolute atomic E-state index is 5.96. The molecule has 5 nitrogen and oxygen atoms in total. The summed E-state index contributed by atoms with van der Waals surface area (Å²) in [6.45, 7) is 11.1. The molecule has 0 amide bonds. The third-order valence-electron chi connectivity index (χ3n) is 4.57. The van der Waals surface area contributed by atoms with Gasteiger partial charge in [-0.2, -0.15) is 0 Å². The van der Waals surface area contributed by atoms with Gasteiger partial charge in [0.05, 0.1) is 6.54 Å². The van der Waals surface area contributed by atoms with Crippen LogP contribution in [0.2, 0.25) is 0 Å². The number of halogens is 1. The van der Waals surface area contributed by atoms with Gasteiger partial charge in [-0.3, -0.25) is 0 Å². The fourth-order valence-electron chi connectivity index (χ4n) is 3.03. The predicted octanol–water partition coefficient (Wildman–Crippen LogP) is 3.28. The van der Waals surface area contributed by atoms with Crippen molar-refractivity contribution < 1.29 is 4.74 Å². The molecule has 0 saturated carbocycles. The molecule has 2 rings (SSSR count). The minimum atomic E-state index is 0. The van der Waals surface area contributed by atoms with Gasteiger partial charge in [-0.05, 0) is 77.4 Å². The summed E-state index contributed by atoms with van der Waals surface area (Å²) in [6, 6.07) is 8.15. The number of piperidine rings is 1. The van der Waals surface area contributed by atoms with Gasteiger partial charge in [-0.25, -0.2) is 4.99 Å². The summed E-state index contributed by atoms with van der Waals surface area (Å²) in [5.41, 5.74) is 1.21. The van der Waals surface area contributed by atoms with Crippen LogP contribution in [0.3, 0.4) is 0 Å². The number of benzene rings is 1. The van der Waals surface area contributed by atoms with Crippen molar-refractivity contribution in [3.8, 4) is 5.75 Å². The highest BCUT2D eigenvalue weighted by atomic mass is 127. The smallest absolute Gasteiger partial charge is 0.191 e. The summed E-state index contributed by atoms with van der Waals surface area (Å²) in [7, 11) is 2.20. The summed E-state index contributed by atoms with van der Waals surface area (Å²) in [4.78, 5) is 7.09. The van der Waals surface area contributed by atoms with Crippen molar-refractivity contribution in [1.82, 2.24) is 15.5 Å². The Morgan fingerprint density at radius 2 is 2.04 bits per heavy atom. The standard InChI is InChI=1S/C20H34N4O.HI/c1-5-21-20(23-15-18-9-11-24(4)12-10-18)22-14-17(3)25-19-8-6-7-16(2)13-19;/h6-8,13,17-18H,5,9-12,14-15H2,1-4H3,(H2,21,22,23);1H. The van der Waals surface area contributed by atoms with Crippen LogP contribution in [0.25, 0.3) is 0 Å². The maximum Gasteiger partial charge on any atom is 0.191 e. The lowest BCUT2D eigenvalue weighted by atomic mass is 9.97. The molecule has 0 spiro atoms. The molecule has 1 aliphatic heterocycles. The van der Waals surface area contributed by atoms with Crippen molar-refractivity contribution in [3.05, 3.63) is 29.8 Å². The first kappa shape index (κ1) is 23.0. The Labute approximate surface area is 176 Å². The SMILES string of the molecule is CCNC(=NCC(C)Oc1cccc(C)c1)NCC1CCN(C)CC1.I. The van der Waals surface area contributed by atoms with E-state index in [9.17, 15) is 0 Å². The molecule has 1 fully saturated rings. The van der Waals surface area contributed by atoms with E-state index in [0.717, 1.165) is 30.7 Å². The lowest BCUT2D eigenvalue weighted by molar-refractivity contribution is 0.219. The van der Waals surface area contributed by atoms with Gasteiger partial charge < -0.3 is 20.3 Å². The van der Waals surface area contributed by atoms with Crippen LogP contribution in [0, 0.1) is 12.8 Å². The third-order valence-corrected chi connectivity index (χ3v) is 4.57. The Kier molecular flexibility index (Phi) is 11.0. The number of hydrogen-bond acceptors (Lipinski definition) is 3. The fourth-order valence-corrected chi connectivity index (χ4v) is 3.03. The zero-order valence-corrected chi connectivity index (χ0v) is 19.0. The second-order valence-corrected chi connectivity index (χ2v) is 7.09. The van der Waals surface area contributed by atoms with E-state index in [-0.39, 0.29) is 30.1 Å². The van der Waals surface area contributed by atoms with Gasteiger partial charge >= 0.3 is 0 Å². The number of guanidine groups is 1. The van der Waals surface area contributed by atoms with Crippen molar-refractivity contribution in [3.63, 3.8) is 0 Å². The molecule has 6 heteroatoms. The van der Waals surface area contributed by atoms with E-state index in [2.05, 4.69) is 55.5 Å². The fraction of sp³-hybridized carbons (Fsp3) is 0.650. The molecule has 1 heterocycles. The number of likely N-dealkylation sites (tertiary alicyclic amines) is 1. The Balaban J connectivity index is 0.00000338. The first-order valence-corrected chi connectivity index (χ1v) is 9.51. The molecule has 1 unspecified atom stereocenters. The van der Waals surface area contributed by atoms with Crippen molar-refractivity contribution in [2.75, 3.05) is 39.8 Å². The van der Waals surface area contributed by atoms with E-state index < -0.39 is 0 Å². The summed E-state index contributed by atoms with van der Waals surface area (Å²) in [5, 5.41) is 6.83. The molecule has 1 aromatic rings. The van der Waals surface area contributed by atoms with Crippen molar-refractivity contribution in [1.29, 1.82) is 0 Å². The highest BCUT2D eigenvalue weighted by Crippen LogP contribution is 2.15. The van der Waals surface area contributed by atoms with E-state index in [1.165, 1.54) is 31.5 Å². The molecule has 1 atom stereocenters. The molecule has 26 heavy (non-hydrogen) atoms. The first-order chi connectivity index (χ1) is 12.1. The van der Waals surface area contributed by atoms with Crippen molar-refractivity contribution >= 4 is 29.9 Å². The molecule has 1 aliphatic rings. The minimum Gasteiger partial charge on any atom is -0.489 e. The molecule has 148 valence electrons. The second kappa shape index (κ2) is 12.4. The highest BCUT2D eigenvalue weighted by molar-refractivity contribution is 14.0. The van der Waals surface area contributed by atoms with E-state index in [1.807, 2.05) is 12.1 Å². The molecule has 0 aromatic heterocycles. The van der Waals surface area contributed by atoms with Crippen LogP contribution in [-0.4, -0.2) is 56.7 Å². The van der Waals surface area contributed by atoms with E-state index in [1.54, 1.807) is 0 Å². The monoisotopic (exact) mass is 474 g/mol. The number of aryl methyl sites for hydroxylation is 1. The van der Waals surface area contributed by atoms with E-state index in [0.29, 0.717) is 6.54 Å². The number of ether oxygens (including phenoxy) is 1. The Bertz CT molecular complexity index is 544. The van der Waals surface area contributed by atoms with Crippen LogP contribution in [0.4, 0.5) is 0 Å². The molecule has 2 N–H and O–H groups in total. The summed E-state index contributed by atoms with van der Waals surface area (Å²) < 4.78 is 5.96. The summed E-state index contributed by atoms with van der Waals surface area (Å²) in [6.07, 6.45) is 2.56. The maximum atomic E-state index is 5.96. The number of hydrogen-bond donors (Lipinski definition) is 2. The predicted molar refractivity (Wildman–Crippen MR) is 121 cm³/mol. The van der Waals surface area contributed by atoms with Crippen LogP contribution in [-0.2, 0) is 0 Å². The average Bonchev–Trinajstić information content (AvgIpc) is 2.59. The average molecular weight is 474 g/mol. The Hall–Kier alpha value is -1.02. The van der Waals surface area contributed by atoms with Gasteiger partial charge in [-0.1, -0.05) is 12.1 Å². The van der Waals surface area contributed by atoms with Gasteiger partial charge in [-0.15, -0.1) is 24.0 Å². The number of aliphatic imine (C=N–C) groups is 1. The van der Waals surface area contributed by atoms with Crippen LogP contribution < -0.4 is 15.4 Å². The highest BCUT2D eigenvalue weighted by Gasteiger charge is 2.16. The molecule has 0 bridgehead atoms. The van der Waals surface area contributed by atoms with Crippen LogP contribution in [0.5, 0.6) is 5.75 Å². The van der Waals surface area contributed by atoms with Gasteiger partial charge in [0.15, 0.2) is 5.96 Å². The molecular formula is C20H35IN4O. The lowest BCUT2D eigenvalue weighted by Gasteiger charge is -2.29. The zero-order valence-electron chi connectivity index (χ0n) is 16.6. The second-order valence-electron chi connectivity index (χ2n) is 7.09. The minimum absolute atomic E-state index is 0. The van der Waals surface area contributed by atoms with Gasteiger partial charge in [0.2, 0.25) is 0 Å². The molecular weight excluding hydrogens is 439 g/mol. The van der Waals surface area contributed by atoms with Crippen LogP contribution >= 0.6 is 24.0 Å². The zero-order chi connectivity index (χ0) is 18.1. The molecule has 1 aromatic carbocycles. The Morgan fingerprint density at radius 3 is 2.69 bits per heavy atom. The topological polar surface area (TPSA) is 48.9 Å². The number of nitrogens with one attached hydrogen (secondary N) is 2. The largest absolute Gasteiger partial charge is 0.489 e. The normalized spacial score (nSPS) is 17.3. The van der Waals surface area contributed by atoms with Gasteiger partial charge in [0.1, 0.15) is 11.9 Å². The van der Waals surface area contributed by atoms with E-state index in [4.69, 9.17) is 9.73 Å². The quantitative estimate of drug-likeness (QED) is 0.362. The summed E-state index contributed by atoms with van der Waals surface area (Å²) >= 11 is 0. The van der Waals surface area contributed by atoms with E-state index >= 15 is 0 Å². The number of nitrogens with zero attached hydrogens (tertiary/aromatic N) is 2. The number of rotatable bonds is 7. The first-order valence-electron chi connectivity index (χ1n) is 9.51. The lowest BCUT2D eigenvalue weighted by Crippen LogP contribution is -2.42.